The number of methoxy groups -OCH3 is 5. The highest BCUT2D eigenvalue weighted by Gasteiger charge is 2.38. The molecule has 0 unspecified atom stereocenters. The van der Waals surface area contributed by atoms with Crippen LogP contribution < -0.4 is 33.9 Å². The van der Waals surface area contributed by atoms with E-state index in [1.165, 1.54) is 47.7 Å². The Morgan fingerprint density at radius 3 is 1.88 bits per heavy atom. The van der Waals surface area contributed by atoms with Crippen LogP contribution in [0.1, 0.15) is 5.56 Å². The van der Waals surface area contributed by atoms with Gasteiger partial charge in [0.1, 0.15) is 34.3 Å². The average Bonchev–Trinajstić information content (AvgIpc) is 2.80. The average molecular weight is 442 g/mol. The molecule has 10 nitrogen and oxygen atoms in total. The van der Waals surface area contributed by atoms with Gasteiger partial charge in [-0.15, -0.1) is 0 Å². The summed E-state index contributed by atoms with van der Waals surface area (Å²) in [5.74, 6) is -0.0280. The van der Waals surface area contributed by atoms with E-state index in [0.29, 0.717) is 28.6 Å². The quantitative estimate of drug-likeness (QED) is 0.514. The van der Waals surface area contributed by atoms with E-state index in [1.807, 2.05) is 0 Å². The molecule has 0 spiro atoms. The SMILES string of the molecule is COc1cc(OC)c(C=C2C(=O)NC(=O)N(c3cc(OC)ccc3OC)C2=O)c(OC)c1. The Hall–Kier alpha value is -4.21. The van der Waals surface area contributed by atoms with Crippen LogP contribution in [-0.2, 0) is 9.59 Å². The Bertz CT molecular complexity index is 1080. The molecule has 0 atom stereocenters. The Morgan fingerprint density at radius 1 is 0.750 bits per heavy atom. The second-order valence-electron chi connectivity index (χ2n) is 6.44. The Morgan fingerprint density at radius 2 is 1.34 bits per heavy atom. The summed E-state index contributed by atoms with van der Waals surface area (Å²) in [4.78, 5) is 39.3. The molecule has 168 valence electrons. The molecule has 0 radical (unpaired) electrons. The summed E-state index contributed by atoms with van der Waals surface area (Å²) in [6.45, 7) is 0. The zero-order valence-corrected chi connectivity index (χ0v) is 18.2. The van der Waals surface area contributed by atoms with Gasteiger partial charge in [-0.05, 0) is 18.2 Å². The maximum atomic E-state index is 13.3. The Kier molecular flexibility index (Phi) is 6.53. The molecule has 2 aromatic carbocycles. The number of anilines is 1. The molecule has 2 aromatic rings. The number of hydrogen-bond acceptors (Lipinski definition) is 8. The minimum atomic E-state index is -0.919. The maximum absolute atomic E-state index is 13.3. The lowest BCUT2D eigenvalue weighted by Crippen LogP contribution is -2.54. The molecule has 0 saturated carbocycles. The second-order valence-corrected chi connectivity index (χ2v) is 6.44. The zero-order chi connectivity index (χ0) is 23.4. The summed E-state index contributed by atoms with van der Waals surface area (Å²) in [5.41, 5.74) is 0.124. The summed E-state index contributed by atoms with van der Waals surface area (Å²) in [7, 11) is 7.18. The van der Waals surface area contributed by atoms with E-state index in [1.54, 1.807) is 24.3 Å². The fraction of sp³-hybridized carbons (Fsp3) is 0.227. The highest BCUT2D eigenvalue weighted by atomic mass is 16.5. The first-order valence-corrected chi connectivity index (χ1v) is 9.32. The molecule has 32 heavy (non-hydrogen) atoms. The van der Waals surface area contributed by atoms with E-state index < -0.39 is 17.8 Å². The van der Waals surface area contributed by atoms with Gasteiger partial charge in [0.15, 0.2) is 0 Å². The van der Waals surface area contributed by atoms with Crippen molar-refractivity contribution < 1.29 is 38.1 Å². The molecule has 3 rings (SSSR count). The maximum Gasteiger partial charge on any atom is 0.336 e. The normalized spacial score (nSPS) is 14.8. The summed E-state index contributed by atoms with van der Waals surface area (Å²) >= 11 is 0. The van der Waals surface area contributed by atoms with Gasteiger partial charge in [0.2, 0.25) is 0 Å². The Balaban J connectivity index is 2.16. The van der Waals surface area contributed by atoms with Crippen LogP contribution in [0, 0.1) is 0 Å². The first kappa shape index (κ1) is 22.5. The summed E-state index contributed by atoms with van der Waals surface area (Å²) < 4.78 is 26.4. The topological polar surface area (TPSA) is 113 Å². The number of urea groups is 1. The zero-order valence-electron chi connectivity index (χ0n) is 18.2. The molecule has 0 aliphatic carbocycles. The van der Waals surface area contributed by atoms with Gasteiger partial charge in [0.05, 0.1) is 46.8 Å². The van der Waals surface area contributed by atoms with Gasteiger partial charge in [0, 0.05) is 18.2 Å². The predicted molar refractivity (Wildman–Crippen MR) is 115 cm³/mol. The van der Waals surface area contributed by atoms with Crippen molar-refractivity contribution >= 4 is 29.6 Å². The number of imide groups is 2. The van der Waals surface area contributed by atoms with Gasteiger partial charge >= 0.3 is 6.03 Å². The van der Waals surface area contributed by atoms with E-state index in [0.717, 1.165) is 4.90 Å². The number of carbonyl (C=O) groups is 3. The first-order chi connectivity index (χ1) is 15.4. The molecular formula is C22H22N2O8. The van der Waals surface area contributed by atoms with Gasteiger partial charge in [-0.25, -0.2) is 9.69 Å². The summed E-state index contributed by atoms with van der Waals surface area (Å²) in [6.07, 6.45) is 1.29. The highest BCUT2D eigenvalue weighted by Crippen LogP contribution is 2.38. The molecule has 1 saturated heterocycles. The molecule has 0 aromatic heterocycles. The molecule has 1 fully saturated rings. The third-order valence-electron chi connectivity index (χ3n) is 4.77. The lowest BCUT2D eigenvalue weighted by molar-refractivity contribution is -0.122. The number of rotatable bonds is 7. The number of nitrogens with one attached hydrogen (secondary N) is 1. The molecule has 10 heteroatoms. The van der Waals surface area contributed by atoms with Crippen molar-refractivity contribution in [2.24, 2.45) is 0 Å². The predicted octanol–water partition coefficient (Wildman–Crippen LogP) is 2.40. The van der Waals surface area contributed by atoms with Gasteiger partial charge in [-0.3, -0.25) is 14.9 Å². The van der Waals surface area contributed by atoms with Crippen LogP contribution in [-0.4, -0.2) is 53.4 Å². The van der Waals surface area contributed by atoms with Crippen molar-refractivity contribution in [1.82, 2.24) is 5.32 Å². The monoisotopic (exact) mass is 442 g/mol. The van der Waals surface area contributed by atoms with Crippen molar-refractivity contribution in [2.75, 3.05) is 40.4 Å². The van der Waals surface area contributed by atoms with Crippen LogP contribution >= 0.6 is 0 Å². The van der Waals surface area contributed by atoms with Crippen LogP contribution in [0.2, 0.25) is 0 Å². The van der Waals surface area contributed by atoms with Crippen molar-refractivity contribution in [3.8, 4) is 28.7 Å². The molecule has 1 heterocycles. The van der Waals surface area contributed by atoms with Gasteiger partial charge < -0.3 is 23.7 Å². The van der Waals surface area contributed by atoms with Crippen LogP contribution in [0.3, 0.4) is 0 Å². The molecular weight excluding hydrogens is 420 g/mol. The third-order valence-corrected chi connectivity index (χ3v) is 4.77. The number of amides is 4. The molecule has 1 N–H and O–H groups in total. The highest BCUT2D eigenvalue weighted by molar-refractivity contribution is 6.39. The number of barbiturate groups is 1. The molecule has 0 bridgehead atoms. The van der Waals surface area contributed by atoms with E-state index in [9.17, 15) is 14.4 Å². The van der Waals surface area contributed by atoms with Crippen LogP contribution in [0.25, 0.3) is 6.08 Å². The van der Waals surface area contributed by atoms with E-state index >= 15 is 0 Å². The molecule has 1 aliphatic heterocycles. The number of hydrogen-bond donors (Lipinski definition) is 1. The number of nitrogens with zero attached hydrogens (tertiary/aromatic N) is 1. The van der Waals surface area contributed by atoms with E-state index in [4.69, 9.17) is 23.7 Å². The van der Waals surface area contributed by atoms with Crippen molar-refractivity contribution in [3.05, 3.63) is 41.5 Å². The smallest absolute Gasteiger partial charge is 0.336 e. The third kappa shape index (κ3) is 4.02. The standard InChI is InChI=1S/C22H22N2O8/c1-28-12-6-7-17(30-3)16(8-12)24-21(26)15(20(25)23-22(24)27)11-14-18(31-4)9-13(29-2)10-19(14)32-5/h6-11H,1-5H3,(H,23,25,27). The van der Waals surface area contributed by atoms with Crippen molar-refractivity contribution in [1.29, 1.82) is 0 Å². The van der Waals surface area contributed by atoms with Crippen molar-refractivity contribution in [3.63, 3.8) is 0 Å². The minimum absolute atomic E-state index is 0.112. The minimum Gasteiger partial charge on any atom is -0.497 e. The van der Waals surface area contributed by atoms with Crippen LogP contribution in [0.5, 0.6) is 28.7 Å². The van der Waals surface area contributed by atoms with Gasteiger partial charge in [0.25, 0.3) is 11.8 Å². The largest absolute Gasteiger partial charge is 0.497 e. The second kappa shape index (κ2) is 9.29. The molecule has 4 amide bonds. The molecule has 1 aliphatic rings. The number of carbonyl (C=O) groups excluding carboxylic acids is 3. The van der Waals surface area contributed by atoms with E-state index in [2.05, 4.69) is 5.32 Å². The summed E-state index contributed by atoms with van der Waals surface area (Å²) in [6, 6.07) is 6.85. The van der Waals surface area contributed by atoms with Crippen LogP contribution in [0.4, 0.5) is 10.5 Å². The Labute approximate surface area is 184 Å². The number of ether oxygens (including phenoxy) is 5. The van der Waals surface area contributed by atoms with Crippen molar-refractivity contribution in [2.45, 2.75) is 0 Å². The fourth-order valence-corrected chi connectivity index (χ4v) is 3.17. The van der Waals surface area contributed by atoms with Gasteiger partial charge in [-0.1, -0.05) is 0 Å². The number of benzene rings is 2. The summed E-state index contributed by atoms with van der Waals surface area (Å²) in [5, 5.41) is 2.17. The van der Waals surface area contributed by atoms with E-state index in [-0.39, 0.29) is 17.0 Å². The lowest BCUT2D eigenvalue weighted by Gasteiger charge is -2.28. The van der Waals surface area contributed by atoms with Crippen LogP contribution in [0.15, 0.2) is 35.9 Å². The van der Waals surface area contributed by atoms with Gasteiger partial charge in [-0.2, -0.15) is 0 Å². The first-order valence-electron chi connectivity index (χ1n) is 9.32. The fourth-order valence-electron chi connectivity index (χ4n) is 3.17. The lowest BCUT2D eigenvalue weighted by atomic mass is 10.0.